The van der Waals surface area contributed by atoms with Crippen LogP contribution in [0.4, 0.5) is 15.8 Å². The second-order valence-corrected chi connectivity index (χ2v) is 5.47. The van der Waals surface area contributed by atoms with Gasteiger partial charge in [-0.3, -0.25) is 14.9 Å². The van der Waals surface area contributed by atoms with Crippen molar-refractivity contribution in [3.8, 4) is 0 Å². The number of hydrogen-bond acceptors (Lipinski definition) is 4. The van der Waals surface area contributed by atoms with Gasteiger partial charge in [0.2, 0.25) is 0 Å². The van der Waals surface area contributed by atoms with Gasteiger partial charge in [0.25, 0.3) is 5.69 Å². The summed E-state index contributed by atoms with van der Waals surface area (Å²) < 4.78 is 13.4. The zero-order valence-corrected chi connectivity index (χ0v) is 11.8. The normalized spacial score (nSPS) is 18.6. The van der Waals surface area contributed by atoms with Crippen LogP contribution in [0.5, 0.6) is 0 Å². The van der Waals surface area contributed by atoms with Gasteiger partial charge in [-0.1, -0.05) is 11.6 Å². The quantitative estimate of drug-likeness (QED) is 0.681. The highest BCUT2D eigenvalue weighted by Gasteiger charge is 2.28. The van der Waals surface area contributed by atoms with Gasteiger partial charge in [0.15, 0.2) is 0 Å². The van der Waals surface area contributed by atoms with E-state index in [2.05, 4.69) is 0 Å². The van der Waals surface area contributed by atoms with Crippen LogP contribution in [0.1, 0.15) is 19.3 Å². The maximum absolute atomic E-state index is 13.4. The van der Waals surface area contributed by atoms with Crippen molar-refractivity contribution in [1.82, 2.24) is 0 Å². The number of hydrogen-bond donors (Lipinski definition) is 1. The molecule has 114 valence electrons. The molecule has 0 bridgehead atoms. The van der Waals surface area contributed by atoms with E-state index in [4.69, 9.17) is 16.7 Å². The predicted molar refractivity (Wildman–Crippen MR) is 75.3 cm³/mol. The Hall–Kier alpha value is -1.89. The van der Waals surface area contributed by atoms with Crippen LogP contribution in [-0.2, 0) is 4.79 Å². The highest BCUT2D eigenvalue weighted by atomic mass is 35.5. The molecule has 0 spiro atoms. The number of carboxylic acid groups (broad SMARTS) is 1. The van der Waals surface area contributed by atoms with Crippen LogP contribution in [-0.4, -0.2) is 29.1 Å². The van der Waals surface area contributed by atoms with Crippen molar-refractivity contribution in [3.63, 3.8) is 0 Å². The van der Waals surface area contributed by atoms with Gasteiger partial charge in [0, 0.05) is 19.5 Å². The van der Waals surface area contributed by atoms with E-state index in [-0.39, 0.29) is 28.7 Å². The van der Waals surface area contributed by atoms with Crippen LogP contribution >= 0.6 is 11.6 Å². The molecule has 1 aliphatic heterocycles. The SMILES string of the molecule is O=C(O)CC1CCCN(c2cc(Cl)c(F)cc2[N+](=O)[O-])C1. The summed E-state index contributed by atoms with van der Waals surface area (Å²) in [6.07, 6.45) is 1.49. The first-order valence-electron chi connectivity index (χ1n) is 6.48. The van der Waals surface area contributed by atoms with Gasteiger partial charge in [-0.2, -0.15) is 0 Å². The summed E-state index contributed by atoms with van der Waals surface area (Å²) in [4.78, 5) is 22.9. The molecule has 2 rings (SSSR count). The van der Waals surface area contributed by atoms with Crippen LogP contribution in [0.2, 0.25) is 5.02 Å². The predicted octanol–water partition coefficient (Wildman–Crippen LogP) is 3.08. The summed E-state index contributed by atoms with van der Waals surface area (Å²) in [5, 5.41) is 19.7. The minimum Gasteiger partial charge on any atom is -0.481 e. The van der Waals surface area contributed by atoms with Gasteiger partial charge in [-0.25, -0.2) is 4.39 Å². The van der Waals surface area contributed by atoms with Crippen LogP contribution < -0.4 is 4.90 Å². The Morgan fingerprint density at radius 2 is 2.29 bits per heavy atom. The van der Waals surface area contributed by atoms with Crippen molar-refractivity contribution >= 4 is 28.9 Å². The molecule has 1 N–H and O–H groups in total. The summed E-state index contributed by atoms with van der Waals surface area (Å²) in [5.41, 5.74) is -0.116. The molecule has 1 unspecified atom stereocenters. The Kier molecular flexibility index (Phi) is 4.62. The molecular weight excluding hydrogens is 303 g/mol. The summed E-state index contributed by atoms with van der Waals surface area (Å²) in [7, 11) is 0. The first kappa shape index (κ1) is 15.5. The number of carboxylic acids is 1. The standard InChI is InChI=1S/C13H14ClFN2O4/c14-9-5-11(12(17(20)21)6-10(9)15)16-3-1-2-8(7-16)4-13(18)19/h5-6,8H,1-4,7H2,(H,18,19). The van der Waals surface area contributed by atoms with Crippen LogP contribution in [0.15, 0.2) is 12.1 Å². The number of rotatable bonds is 4. The van der Waals surface area contributed by atoms with E-state index in [9.17, 15) is 19.3 Å². The number of nitro groups is 1. The van der Waals surface area contributed by atoms with Crippen molar-refractivity contribution < 1.29 is 19.2 Å². The van der Waals surface area contributed by atoms with E-state index >= 15 is 0 Å². The average molecular weight is 317 g/mol. The Bertz CT molecular complexity index is 582. The molecule has 0 aliphatic carbocycles. The van der Waals surface area contributed by atoms with E-state index < -0.39 is 16.7 Å². The van der Waals surface area contributed by atoms with Crippen molar-refractivity contribution in [3.05, 3.63) is 33.1 Å². The molecular formula is C13H14ClFN2O4. The minimum atomic E-state index is -0.895. The van der Waals surface area contributed by atoms with Crippen molar-refractivity contribution in [2.75, 3.05) is 18.0 Å². The highest BCUT2D eigenvalue weighted by molar-refractivity contribution is 6.31. The third-order valence-corrected chi connectivity index (χ3v) is 3.83. The number of piperidine rings is 1. The van der Waals surface area contributed by atoms with Gasteiger partial charge in [0.1, 0.15) is 11.5 Å². The maximum atomic E-state index is 13.4. The highest BCUT2D eigenvalue weighted by Crippen LogP contribution is 2.35. The summed E-state index contributed by atoms with van der Waals surface area (Å²) in [6, 6.07) is 2.04. The number of anilines is 1. The van der Waals surface area contributed by atoms with E-state index in [1.54, 1.807) is 4.90 Å². The number of carbonyl (C=O) groups is 1. The first-order valence-corrected chi connectivity index (χ1v) is 6.86. The van der Waals surface area contributed by atoms with Crippen LogP contribution in [0.3, 0.4) is 0 Å². The molecule has 1 aromatic rings. The Morgan fingerprint density at radius 3 is 2.90 bits per heavy atom. The number of nitrogens with zero attached hydrogens (tertiary/aromatic N) is 2. The van der Waals surface area contributed by atoms with Crippen molar-refractivity contribution in [1.29, 1.82) is 0 Å². The average Bonchev–Trinajstić information content (AvgIpc) is 2.40. The number of benzene rings is 1. The molecule has 1 saturated heterocycles. The molecule has 1 heterocycles. The lowest BCUT2D eigenvalue weighted by Gasteiger charge is -2.33. The molecule has 0 amide bonds. The smallest absolute Gasteiger partial charge is 0.303 e. The van der Waals surface area contributed by atoms with Gasteiger partial charge in [-0.05, 0) is 24.8 Å². The molecule has 0 radical (unpaired) electrons. The monoisotopic (exact) mass is 316 g/mol. The fourth-order valence-electron chi connectivity index (χ4n) is 2.62. The van der Waals surface area contributed by atoms with Crippen molar-refractivity contribution in [2.24, 2.45) is 5.92 Å². The molecule has 0 aromatic heterocycles. The van der Waals surface area contributed by atoms with Crippen LogP contribution in [0, 0.1) is 21.8 Å². The fourth-order valence-corrected chi connectivity index (χ4v) is 2.78. The lowest BCUT2D eigenvalue weighted by Crippen LogP contribution is -2.36. The lowest BCUT2D eigenvalue weighted by atomic mass is 9.94. The number of halogens is 2. The number of nitro benzene ring substituents is 1. The van der Waals surface area contributed by atoms with Gasteiger partial charge >= 0.3 is 5.97 Å². The first-order chi connectivity index (χ1) is 9.88. The van der Waals surface area contributed by atoms with Crippen LogP contribution in [0.25, 0.3) is 0 Å². The number of aliphatic carboxylic acids is 1. The van der Waals surface area contributed by atoms with E-state index in [1.165, 1.54) is 6.07 Å². The van der Waals surface area contributed by atoms with E-state index in [1.807, 2.05) is 0 Å². The summed E-state index contributed by atoms with van der Waals surface area (Å²) >= 11 is 5.71. The van der Waals surface area contributed by atoms with E-state index in [0.29, 0.717) is 13.1 Å². The van der Waals surface area contributed by atoms with E-state index in [0.717, 1.165) is 18.9 Å². The summed E-state index contributed by atoms with van der Waals surface area (Å²) in [6.45, 7) is 0.939. The van der Waals surface area contributed by atoms with Gasteiger partial charge in [0.05, 0.1) is 16.0 Å². The zero-order chi connectivity index (χ0) is 15.6. The minimum absolute atomic E-state index is 0.0131. The maximum Gasteiger partial charge on any atom is 0.303 e. The fraction of sp³-hybridized carbons (Fsp3) is 0.462. The molecule has 1 fully saturated rings. The second-order valence-electron chi connectivity index (χ2n) is 5.06. The molecule has 1 aromatic carbocycles. The molecule has 1 atom stereocenters. The third-order valence-electron chi connectivity index (χ3n) is 3.54. The Labute approximate surface area is 125 Å². The topological polar surface area (TPSA) is 83.7 Å². The second kappa shape index (κ2) is 6.26. The summed E-state index contributed by atoms with van der Waals surface area (Å²) in [5.74, 6) is -1.82. The molecule has 1 aliphatic rings. The Morgan fingerprint density at radius 1 is 1.57 bits per heavy atom. The molecule has 0 saturated carbocycles. The van der Waals surface area contributed by atoms with Crippen molar-refractivity contribution in [2.45, 2.75) is 19.3 Å². The third kappa shape index (κ3) is 3.60. The lowest BCUT2D eigenvalue weighted by molar-refractivity contribution is -0.384. The molecule has 8 heteroatoms. The molecule has 6 nitrogen and oxygen atoms in total. The van der Waals surface area contributed by atoms with Gasteiger partial charge in [-0.15, -0.1) is 0 Å². The Balaban J connectivity index is 2.30. The zero-order valence-electron chi connectivity index (χ0n) is 11.1. The van der Waals surface area contributed by atoms with Gasteiger partial charge < -0.3 is 10.0 Å². The molecule has 21 heavy (non-hydrogen) atoms. The largest absolute Gasteiger partial charge is 0.481 e.